The molecule has 5 heteroatoms. The third kappa shape index (κ3) is 2.59. The van der Waals surface area contributed by atoms with Gasteiger partial charge in [-0.3, -0.25) is 0 Å². The average molecular weight is 272 g/mol. The molecule has 0 radical (unpaired) electrons. The molecule has 1 N–H and O–H groups in total. The molecule has 1 saturated heterocycles. The second kappa shape index (κ2) is 6.15. The highest BCUT2D eigenvalue weighted by atomic mass is 16.5. The summed E-state index contributed by atoms with van der Waals surface area (Å²) in [6.45, 7) is 4.69. The zero-order chi connectivity index (χ0) is 13.8. The molecule has 106 valence electrons. The van der Waals surface area contributed by atoms with Gasteiger partial charge in [0.2, 0.25) is 0 Å². The number of ether oxygens (including phenoxy) is 1. The van der Waals surface area contributed by atoms with Crippen molar-refractivity contribution in [1.82, 2.24) is 20.3 Å². The summed E-state index contributed by atoms with van der Waals surface area (Å²) in [6.07, 6.45) is 2.94. The van der Waals surface area contributed by atoms with E-state index in [9.17, 15) is 0 Å². The number of nitrogens with zero attached hydrogens (tertiary/aromatic N) is 3. The molecule has 2 heterocycles. The van der Waals surface area contributed by atoms with Crippen molar-refractivity contribution in [2.75, 3.05) is 19.8 Å². The third-order valence-electron chi connectivity index (χ3n) is 3.76. The molecule has 0 spiro atoms. The summed E-state index contributed by atoms with van der Waals surface area (Å²) >= 11 is 0. The average Bonchev–Trinajstić information content (AvgIpc) is 3.17. The van der Waals surface area contributed by atoms with Crippen LogP contribution in [0, 0.1) is 5.92 Å². The highest BCUT2D eigenvalue weighted by Crippen LogP contribution is 2.29. The predicted octanol–water partition coefficient (Wildman–Crippen LogP) is 1.95. The van der Waals surface area contributed by atoms with Gasteiger partial charge in [0.1, 0.15) is 0 Å². The first-order valence-corrected chi connectivity index (χ1v) is 7.17. The maximum Gasteiger partial charge on any atom is 0.0818 e. The summed E-state index contributed by atoms with van der Waals surface area (Å²) in [5.41, 5.74) is 2.15. The Morgan fingerprint density at radius 3 is 2.95 bits per heavy atom. The number of nitrogens with one attached hydrogen (secondary N) is 1. The van der Waals surface area contributed by atoms with Crippen LogP contribution in [-0.2, 0) is 4.74 Å². The number of para-hydroxylation sites is 1. The van der Waals surface area contributed by atoms with E-state index >= 15 is 0 Å². The van der Waals surface area contributed by atoms with Crippen molar-refractivity contribution in [1.29, 1.82) is 0 Å². The fourth-order valence-electron chi connectivity index (χ4n) is 2.77. The maximum absolute atomic E-state index is 5.54. The van der Waals surface area contributed by atoms with Crippen molar-refractivity contribution in [2.45, 2.75) is 19.4 Å². The molecule has 0 saturated carbocycles. The van der Waals surface area contributed by atoms with Crippen LogP contribution in [0.25, 0.3) is 5.69 Å². The predicted molar refractivity (Wildman–Crippen MR) is 76.7 cm³/mol. The highest BCUT2D eigenvalue weighted by molar-refractivity contribution is 5.32. The van der Waals surface area contributed by atoms with Crippen LogP contribution in [0.5, 0.6) is 0 Å². The molecule has 1 fully saturated rings. The molecule has 2 atom stereocenters. The van der Waals surface area contributed by atoms with Gasteiger partial charge in [0.25, 0.3) is 0 Å². The third-order valence-corrected chi connectivity index (χ3v) is 3.76. The Balaban J connectivity index is 1.93. The van der Waals surface area contributed by atoms with Crippen LogP contribution < -0.4 is 5.32 Å². The Hall–Kier alpha value is -1.72. The van der Waals surface area contributed by atoms with Crippen molar-refractivity contribution in [3.8, 4) is 5.69 Å². The van der Waals surface area contributed by atoms with Gasteiger partial charge in [0.05, 0.1) is 30.2 Å². The summed E-state index contributed by atoms with van der Waals surface area (Å²) in [5, 5.41) is 11.9. The Morgan fingerprint density at radius 2 is 2.25 bits per heavy atom. The Morgan fingerprint density at radius 1 is 1.40 bits per heavy atom. The van der Waals surface area contributed by atoms with E-state index in [-0.39, 0.29) is 6.04 Å². The van der Waals surface area contributed by atoms with Crippen LogP contribution in [0.1, 0.15) is 25.1 Å². The summed E-state index contributed by atoms with van der Waals surface area (Å²) in [5.74, 6) is 0.482. The van der Waals surface area contributed by atoms with Gasteiger partial charge in [0.15, 0.2) is 0 Å². The lowest BCUT2D eigenvalue weighted by atomic mass is 9.96. The standard InChI is InChI=1S/C15H20N4O/c1-2-16-15(12-8-9-20-11-12)14-10-17-18-19(14)13-6-4-3-5-7-13/h3-7,10,12,15-16H,2,8-9,11H2,1H3. The minimum absolute atomic E-state index is 0.234. The van der Waals surface area contributed by atoms with Gasteiger partial charge in [-0.05, 0) is 25.1 Å². The SMILES string of the molecule is CCNC(c1cnnn1-c1ccccc1)C1CCOC1. The molecule has 1 aromatic carbocycles. The summed E-state index contributed by atoms with van der Waals surface area (Å²) in [4.78, 5) is 0. The van der Waals surface area contributed by atoms with Gasteiger partial charge in [-0.1, -0.05) is 30.3 Å². The van der Waals surface area contributed by atoms with Crippen LogP contribution in [0.4, 0.5) is 0 Å². The minimum Gasteiger partial charge on any atom is -0.381 e. The molecule has 1 aliphatic heterocycles. The monoisotopic (exact) mass is 272 g/mol. The molecular weight excluding hydrogens is 252 g/mol. The lowest BCUT2D eigenvalue weighted by Crippen LogP contribution is -2.30. The fraction of sp³-hybridized carbons (Fsp3) is 0.467. The molecule has 3 rings (SSSR count). The van der Waals surface area contributed by atoms with Crippen LogP contribution in [0.3, 0.4) is 0 Å². The van der Waals surface area contributed by atoms with Gasteiger partial charge in [-0.25, -0.2) is 4.68 Å². The Kier molecular flexibility index (Phi) is 4.08. The molecular formula is C15H20N4O. The molecule has 5 nitrogen and oxygen atoms in total. The molecule has 2 unspecified atom stereocenters. The van der Waals surface area contributed by atoms with Gasteiger partial charge >= 0.3 is 0 Å². The summed E-state index contributed by atoms with van der Waals surface area (Å²) < 4.78 is 7.46. The second-order valence-corrected chi connectivity index (χ2v) is 5.07. The first-order valence-electron chi connectivity index (χ1n) is 7.17. The number of hydrogen-bond donors (Lipinski definition) is 1. The first-order chi connectivity index (χ1) is 9.90. The topological polar surface area (TPSA) is 52.0 Å². The summed E-state index contributed by atoms with van der Waals surface area (Å²) in [6, 6.07) is 10.4. The van der Waals surface area contributed by atoms with Crippen LogP contribution in [-0.4, -0.2) is 34.8 Å². The van der Waals surface area contributed by atoms with Crippen molar-refractivity contribution in [2.24, 2.45) is 5.92 Å². The molecule has 1 aromatic heterocycles. The molecule has 0 bridgehead atoms. The van der Waals surface area contributed by atoms with Gasteiger partial charge < -0.3 is 10.1 Å². The zero-order valence-electron chi connectivity index (χ0n) is 11.7. The Labute approximate surface area is 118 Å². The van der Waals surface area contributed by atoms with Gasteiger partial charge in [-0.2, -0.15) is 0 Å². The quantitative estimate of drug-likeness (QED) is 0.904. The van der Waals surface area contributed by atoms with Crippen LogP contribution in [0.2, 0.25) is 0 Å². The van der Waals surface area contributed by atoms with E-state index < -0.39 is 0 Å². The molecule has 20 heavy (non-hydrogen) atoms. The first kappa shape index (κ1) is 13.3. The summed E-state index contributed by atoms with van der Waals surface area (Å²) in [7, 11) is 0. The number of aromatic nitrogens is 3. The molecule has 0 amide bonds. The van der Waals surface area contributed by atoms with Crippen LogP contribution >= 0.6 is 0 Å². The van der Waals surface area contributed by atoms with Gasteiger partial charge in [0, 0.05) is 12.5 Å². The fourth-order valence-corrected chi connectivity index (χ4v) is 2.77. The van der Waals surface area contributed by atoms with E-state index in [0.29, 0.717) is 5.92 Å². The molecule has 2 aromatic rings. The van der Waals surface area contributed by atoms with Crippen molar-refractivity contribution >= 4 is 0 Å². The molecule has 0 aliphatic carbocycles. The minimum atomic E-state index is 0.234. The van der Waals surface area contributed by atoms with E-state index in [1.165, 1.54) is 0 Å². The lowest BCUT2D eigenvalue weighted by Gasteiger charge is -2.23. The van der Waals surface area contributed by atoms with Gasteiger partial charge in [-0.15, -0.1) is 5.10 Å². The van der Waals surface area contributed by atoms with Crippen LogP contribution in [0.15, 0.2) is 36.5 Å². The maximum atomic E-state index is 5.54. The van der Waals surface area contributed by atoms with E-state index in [1.54, 1.807) is 0 Å². The number of rotatable bonds is 5. The zero-order valence-corrected chi connectivity index (χ0v) is 11.7. The lowest BCUT2D eigenvalue weighted by molar-refractivity contribution is 0.176. The number of hydrogen-bond acceptors (Lipinski definition) is 4. The van der Waals surface area contributed by atoms with E-state index in [0.717, 1.165) is 37.6 Å². The highest BCUT2D eigenvalue weighted by Gasteiger charge is 2.29. The normalized spacial score (nSPS) is 20.1. The largest absolute Gasteiger partial charge is 0.381 e. The Bertz CT molecular complexity index is 534. The van der Waals surface area contributed by atoms with Crippen molar-refractivity contribution < 1.29 is 4.74 Å². The molecule has 1 aliphatic rings. The number of benzene rings is 1. The smallest absolute Gasteiger partial charge is 0.0818 e. The van der Waals surface area contributed by atoms with Crippen molar-refractivity contribution in [3.63, 3.8) is 0 Å². The van der Waals surface area contributed by atoms with Crippen molar-refractivity contribution in [3.05, 3.63) is 42.2 Å². The second-order valence-electron chi connectivity index (χ2n) is 5.07. The van der Waals surface area contributed by atoms with E-state index in [1.807, 2.05) is 41.2 Å². The van der Waals surface area contributed by atoms with E-state index in [4.69, 9.17) is 4.74 Å². The van der Waals surface area contributed by atoms with E-state index in [2.05, 4.69) is 22.6 Å².